The lowest BCUT2D eigenvalue weighted by atomic mass is 10.0. The first-order valence-corrected chi connectivity index (χ1v) is 15.4. The van der Waals surface area contributed by atoms with Crippen LogP contribution >= 0.6 is 11.3 Å². The summed E-state index contributed by atoms with van der Waals surface area (Å²) >= 11 is 1.40. The minimum atomic E-state index is -1.30. The van der Waals surface area contributed by atoms with E-state index in [4.69, 9.17) is 9.15 Å². The van der Waals surface area contributed by atoms with E-state index in [9.17, 15) is 19.5 Å². The minimum Gasteiger partial charge on any atom is -0.480 e. The zero-order valence-electron chi connectivity index (χ0n) is 25.7. The van der Waals surface area contributed by atoms with E-state index in [1.54, 1.807) is 51.1 Å². The molecule has 8 nitrogen and oxygen atoms in total. The highest BCUT2D eigenvalue weighted by Crippen LogP contribution is 2.36. The normalized spacial score (nSPS) is 11.9. The van der Waals surface area contributed by atoms with Crippen molar-refractivity contribution in [2.75, 3.05) is 5.32 Å². The molecule has 0 aliphatic carbocycles. The highest BCUT2D eigenvalue weighted by molar-refractivity contribution is 7.18. The summed E-state index contributed by atoms with van der Waals surface area (Å²) in [5.41, 5.74) is 3.54. The SMILES string of the molecule is Cc1ccc(-c2ccc(C(=O)NC(Cc3ccc(-c4ccc(-c5ccc(NC(=O)OC(C)(C)C)cc5)s4)c(F)c3)C(=O)O)o2)cc1. The van der Waals surface area contributed by atoms with Crippen LogP contribution in [0.25, 0.3) is 32.2 Å². The van der Waals surface area contributed by atoms with Crippen molar-refractivity contribution in [3.63, 3.8) is 0 Å². The smallest absolute Gasteiger partial charge is 0.412 e. The van der Waals surface area contributed by atoms with Gasteiger partial charge in [-0.3, -0.25) is 10.1 Å². The largest absolute Gasteiger partial charge is 0.480 e. The molecule has 1 atom stereocenters. The second-order valence-corrected chi connectivity index (χ2v) is 12.9. The Labute approximate surface area is 269 Å². The predicted molar refractivity (Wildman–Crippen MR) is 176 cm³/mol. The van der Waals surface area contributed by atoms with Gasteiger partial charge in [0.15, 0.2) is 5.76 Å². The Morgan fingerprint density at radius 2 is 1.57 bits per heavy atom. The maximum Gasteiger partial charge on any atom is 0.412 e. The molecule has 0 saturated heterocycles. The Morgan fingerprint density at radius 1 is 0.891 bits per heavy atom. The fourth-order valence-electron chi connectivity index (χ4n) is 4.66. The molecule has 5 aromatic rings. The van der Waals surface area contributed by atoms with Crippen LogP contribution in [-0.4, -0.2) is 34.7 Å². The Bertz CT molecular complexity index is 1870. The van der Waals surface area contributed by atoms with Crippen molar-refractivity contribution in [2.45, 2.75) is 45.8 Å². The zero-order chi connectivity index (χ0) is 33.0. The number of carbonyl (C=O) groups is 3. The standard InChI is InChI=1S/C36H33FN2O6S/c1-21-5-8-23(9-6-21)29-15-16-30(44-29)33(40)39-28(34(41)42)20-22-7-14-26(27(37)19-22)32-18-17-31(46-32)24-10-12-25(13-11-24)38-35(43)45-36(2,3)4/h5-19,28H,20H2,1-4H3,(H,38,43)(H,39,40)(H,41,42). The van der Waals surface area contributed by atoms with Crippen molar-refractivity contribution in [3.8, 4) is 32.2 Å². The number of carboxylic acids is 1. The molecule has 2 heterocycles. The number of benzene rings is 3. The number of anilines is 1. The van der Waals surface area contributed by atoms with Crippen molar-refractivity contribution in [3.05, 3.63) is 114 Å². The predicted octanol–water partition coefficient (Wildman–Crippen LogP) is 8.56. The summed E-state index contributed by atoms with van der Waals surface area (Å²) in [5.74, 6) is -1.97. The van der Waals surface area contributed by atoms with Gasteiger partial charge < -0.3 is 19.6 Å². The molecule has 0 saturated carbocycles. The zero-order valence-corrected chi connectivity index (χ0v) is 26.5. The average Bonchev–Trinajstić information content (AvgIpc) is 3.68. The summed E-state index contributed by atoms with van der Waals surface area (Å²) < 4.78 is 26.3. The van der Waals surface area contributed by atoms with Gasteiger partial charge in [0.1, 0.15) is 23.2 Å². The average molecular weight is 641 g/mol. The minimum absolute atomic E-state index is 0.0224. The van der Waals surface area contributed by atoms with Gasteiger partial charge in [0, 0.05) is 33.0 Å². The lowest BCUT2D eigenvalue weighted by Crippen LogP contribution is -2.42. The number of ether oxygens (including phenoxy) is 1. The Balaban J connectivity index is 1.23. The first-order chi connectivity index (χ1) is 21.8. The molecule has 3 N–H and O–H groups in total. The Morgan fingerprint density at radius 3 is 2.22 bits per heavy atom. The number of halogens is 1. The van der Waals surface area contributed by atoms with Crippen LogP contribution in [0.1, 0.15) is 42.5 Å². The van der Waals surface area contributed by atoms with Gasteiger partial charge in [-0.1, -0.05) is 54.1 Å². The maximum absolute atomic E-state index is 15.3. The Hall–Kier alpha value is -5.22. The van der Waals surface area contributed by atoms with Gasteiger partial charge >= 0.3 is 12.1 Å². The van der Waals surface area contributed by atoms with Gasteiger partial charge in [0.25, 0.3) is 5.91 Å². The van der Waals surface area contributed by atoms with Crippen LogP contribution < -0.4 is 10.6 Å². The second kappa shape index (κ2) is 13.4. The van der Waals surface area contributed by atoms with E-state index in [1.807, 2.05) is 55.5 Å². The molecule has 2 amide bonds. The van der Waals surface area contributed by atoms with Crippen LogP contribution in [0.2, 0.25) is 0 Å². The van der Waals surface area contributed by atoms with Crippen LogP contribution in [-0.2, 0) is 16.0 Å². The van der Waals surface area contributed by atoms with E-state index in [-0.39, 0.29) is 12.2 Å². The number of carboxylic acid groups (broad SMARTS) is 1. The molecule has 1 unspecified atom stereocenters. The molecule has 0 aliphatic heterocycles. The number of carbonyl (C=O) groups excluding carboxylic acids is 2. The molecule has 0 radical (unpaired) electrons. The van der Waals surface area contributed by atoms with Crippen molar-refractivity contribution < 1.29 is 33.0 Å². The first kappa shape index (κ1) is 32.2. The highest BCUT2D eigenvalue weighted by atomic mass is 32.1. The van der Waals surface area contributed by atoms with Gasteiger partial charge in [0.05, 0.1) is 0 Å². The number of hydrogen-bond acceptors (Lipinski definition) is 6. The van der Waals surface area contributed by atoms with E-state index in [1.165, 1.54) is 23.5 Å². The number of amides is 2. The molecule has 0 bridgehead atoms. The lowest BCUT2D eigenvalue weighted by molar-refractivity contribution is -0.139. The molecule has 10 heteroatoms. The molecule has 3 aromatic carbocycles. The quantitative estimate of drug-likeness (QED) is 0.149. The number of aryl methyl sites for hydroxylation is 1. The summed E-state index contributed by atoms with van der Waals surface area (Å²) in [6, 6.07) is 24.9. The van der Waals surface area contributed by atoms with E-state index >= 15 is 4.39 Å². The number of thiophene rings is 1. The molecule has 236 valence electrons. The van der Waals surface area contributed by atoms with Gasteiger partial charge in [-0.25, -0.2) is 14.0 Å². The number of nitrogens with one attached hydrogen (secondary N) is 2. The van der Waals surface area contributed by atoms with E-state index in [0.717, 1.165) is 21.6 Å². The molecule has 46 heavy (non-hydrogen) atoms. The van der Waals surface area contributed by atoms with Crippen LogP contribution in [0, 0.1) is 12.7 Å². The van der Waals surface area contributed by atoms with E-state index in [2.05, 4.69) is 10.6 Å². The Kier molecular flexibility index (Phi) is 9.39. The number of hydrogen-bond donors (Lipinski definition) is 3. The van der Waals surface area contributed by atoms with Crippen molar-refractivity contribution in [1.29, 1.82) is 0 Å². The summed E-state index contributed by atoms with van der Waals surface area (Å²) in [4.78, 5) is 38.5. The molecule has 2 aromatic heterocycles. The molecule has 0 spiro atoms. The number of furan rings is 1. The molecular formula is C36H33FN2O6S. The fraction of sp³-hybridized carbons (Fsp3) is 0.194. The van der Waals surface area contributed by atoms with E-state index in [0.29, 0.717) is 27.5 Å². The second-order valence-electron chi connectivity index (χ2n) is 11.8. The van der Waals surface area contributed by atoms with Crippen molar-refractivity contribution in [1.82, 2.24) is 5.32 Å². The first-order valence-electron chi connectivity index (χ1n) is 14.5. The molecule has 0 aliphatic rings. The van der Waals surface area contributed by atoms with Crippen molar-refractivity contribution in [2.24, 2.45) is 0 Å². The third-order valence-electron chi connectivity index (χ3n) is 6.93. The molecular weight excluding hydrogens is 607 g/mol. The van der Waals surface area contributed by atoms with Gasteiger partial charge in [-0.15, -0.1) is 11.3 Å². The number of rotatable bonds is 9. The van der Waals surface area contributed by atoms with Gasteiger partial charge in [0.2, 0.25) is 0 Å². The third kappa shape index (κ3) is 8.08. The van der Waals surface area contributed by atoms with Crippen LogP contribution in [0.5, 0.6) is 0 Å². The summed E-state index contributed by atoms with van der Waals surface area (Å²) in [5, 5.41) is 15.0. The fourth-order valence-corrected chi connectivity index (χ4v) is 5.70. The molecule has 5 rings (SSSR count). The maximum atomic E-state index is 15.3. The van der Waals surface area contributed by atoms with Crippen LogP contribution in [0.15, 0.2) is 95.4 Å². The monoisotopic (exact) mass is 640 g/mol. The molecule has 0 fully saturated rings. The van der Waals surface area contributed by atoms with E-state index < -0.39 is 35.4 Å². The summed E-state index contributed by atoms with van der Waals surface area (Å²) in [7, 11) is 0. The lowest BCUT2D eigenvalue weighted by Gasteiger charge is -2.19. The summed E-state index contributed by atoms with van der Waals surface area (Å²) in [6.07, 6.45) is -0.664. The highest BCUT2D eigenvalue weighted by Gasteiger charge is 2.24. The third-order valence-corrected chi connectivity index (χ3v) is 8.10. The van der Waals surface area contributed by atoms with Crippen LogP contribution in [0.4, 0.5) is 14.9 Å². The summed E-state index contributed by atoms with van der Waals surface area (Å²) in [6.45, 7) is 7.33. The van der Waals surface area contributed by atoms with Crippen LogP contribution in [0.3, 0.4) is 0 Å². The number of aliphatic carboxylic acids is 1. The van der Waals surface area contributed by atoms with Gasteiger partial charge in [-0.2, -0.15) is 0 Å². The van der Waals surface area contributed by atoms with Gasteiger partial charge in [-0.05, 0) is 81.3 Å². The topological polar surface area (TPSA) is 118 Å². The van der Waals surface area contributed by atoms with Crippen molar-refractivity contribution >= 4 is 35.0 Å².